The summed E-state index contributed by atoms with van der Waals surface area (Å²) in [5.41, 5.74) is -0.184. The Hall–Kier alpha value is -1.39. The third-order valence-corrected chi connectivity index (χ3v) is 4.78. The maximum absolute atomic E-state index is 11.9. The van der Waals surface area contributed by atoms with Crippen molar-refractivity contribution >= 4 is 5.97 Å². The Morgan fingerprint density at radius 2 is 1.86 bits per heavy atom. The lowest BCUT2D eigenvalue weighted by Crippen LogP contribution is -2.51. The molecule has 118 valence electrons. The van der Waals surface area contributed by atoms with Crippen molar-refractivity contribution in [3.05, 3.63) is 35.9 Å². The molecule has 0 bridgehead atoms. The number of likely N-dealkylation sites (N-methyl/N-ethyl adjacent to an activating group) is 1. The molecule has 1 aromatic rings. The summed E-state index contributed by atoms with van der Waals surface area (Å²) in [5, 5.41) is 12.8. The van der Waals surface area contributed by atoms with Crippen LogP contribution in [0.15, 0.2) is 30.3 Å². The predicted molar refractivity (Wildman–Crippen MR) is 86.4 cm³/mol. The minimum Gasteiger partial charge on any atom is -0.480 e. The second kappa shape index (κ2) is 7.05. The van der Waals surface area contributed by atoms with E-state index in [1.165, 1.54) is 0 Å². The number of nitrogens with zero attached hydrogens (tertiary/aromatic N) is 1. The molecule has 0 aliphatic heterocycles. The van der Waals surface area contributed by atoms with Crippen LogP contribution in [0.25, 0.3) is 0 Å². The zero-order chi connectivity index (χ0) is 16.1. The maximum atomic E-state index is 11.9. The summed E-state index contributed by atoms with van der Waals surface area (Å²) in [7, 11) is 3.77. The van der Waals surface area contributed by atoms with Crippen LogP contribution in [0.4, 0.5) is 0 Å². The van der Waals surface area contributed by atoms with E-state index in [1.54, 1.807) is 7.05 Å². The number of hydrogen-bond donors (Lipinski definition) is 2. The smallest absolute Gasteiger partial charge is 0.328 e. The van der Waals surface area contributed by atoms with Gasteiger partial charge in [0, 0.05) is 12.1 Å². The second-order valence-electron chi connectivity index (χ2n) is 6.16. The molecule has 0 amide bonds. The average Bonchev–Trinajstić information content (AvgIpc) is 2.48. The SMILES string of the molecule is CCC(C)(C)N(C)CCC(NC)(C(=O)O)c1ccccc1. The molecule has 0 aliphatic rings. The Morgan fingerprint density at radius 3 is 2.29 bits per heavy atom. The lowest BCUT2D eigenvalue weighted by atomic mass is 9.86. The van der Waals surface area contributed by atoms with Crippen molar-refractivity contribution < 1.29 is 9.90 Å². The van der Waals surface area contributed by atoms with Crippen LogP contribution < -0.4 is 5.32 Å². The first-order chi connectivity index (χ1) is 9.80. The van der Waals surface area contributed by atoms with Crippen molar-refractivity contribution in [2.45, 2.75) is 44.7 Å². The monoisotopic (exact) mass is 292 g/mol. The van der Waals surface area contributed by atoms with Crippen molar-refractivity contribution in [3.8, 4) is 0 Å². The van der Waals surface area contributed by atoms with Crippen LogP contribution in [-0.2, 0) is 10.3 Å². The van der Waals surface area contributed by atoms with Crippen molar-refractivity contribution in [1.29, 1.82) is 0 Å². The Morgan fingerprint density at radius 1 is 1.29 bits per heavy atom. The number of carboxylic acid groups (broad SMARTS) is 1. The molecule has 0 radical (unpaired) electrons. The molecule has 0 fully saturated rings. The summed E-state index contributed by atoms with van der Waals surface area (Å²) in [5.74, 6) is -0.834. The van der Waals surface area contributed by atoms with Crippen LogP contribution in [0.1, 0.15) is 39.2 Å². The number of nitrogens with one attached hydrogen (secondary N) is 1. The Balaban J connectivity index is 2.98. The van der Waals surface area contributed by atoms with E-state index in [1.807, 2.05) is 30.3 Å². The standard InChI is InChI=1S/C17H28N2O2/c1-6-16(2,3)19(5)13-12-17(18-4,15(20)21)14-10-8-7-9-11-14/h7-11,18H,6,12-13H2,1-5H3,(H,20,21). The molecule has 21 heavy (non-hydrogen) atoms. The highest BCUT2D eigenvalue weighted by Crippen LogP contribution is 2.27. The first-order valence-electron chi connectivity index (χ1n) is 7.49. The highest BCUT2D eigenvalue weighted by molar-refractivity contribution is 5.80. The largest absolute Gasteiger partial charge is 0.480 e. The molecule has 4 nitrogen and oxygen atoms in total. The Kier molecular flexibility index (Phi) is 5.93. The molecule has 0 aliphatic carbocycles. The fourth-order valence-corrected chi connectivity index (χ4v) is 2.38. The van der Waals surface area contributed by atoms with Gasteiger partial charge in [-0.1, -0.05) is 37.3 Å². The third kappa shape index (κ3) is 3.83. The molecule has 2 N–H and O–H groups in total. The molecular formula is C17H28N2O2. The average molecular weight is 292 g/mol. The van der Waals surface area contributed by atoms with Gasteiger partial charge in [-0.25, -0.2) is 4.79 Å². The van der Waals surface area contributed by atoms with E-state index in [9.17, 15) is 9.90 Å². The zero-order valence-corrected chi connectivity index (χ0v) is 13.8. The summed E-state index contributed by atoms with van der Waals surface area (Å²) in [6.45, 7) is 7.22. The highest BCUT2D eigenvalue weighted by atomic mass is 16.4. The number of rotatable bonds is 8. The van der Waals surface area contributed by atoms with Gasteiger partial charge in [-0.3, -0.25) is 0 Å². The highest BCUT2D eigenvalue weighted by Gasteiger charge is 2.39. The number of aliphatic carboxylic acids is 1. The van der Waals surface area contributed by atoms with Gasteiger partial charge in [-0.05, 0) is 46.3 Å². The van der Waals surface area contributed by atoms with Crippen LogP contribution in [0.5, 0.6) is 0 Å². The van der Waals surface area contributed by atoms with E-state index in [0.717, 1.165) is 12.0 Å². The van der Waals surface area contributed by atoms with Crippen LogP contribution in [0.3, 0.4) is 0 Å². The molecule has 1 atom stereocenters. The zero-order valence-electron chi connectivity index (χ0n) is 13.8. The molecule has 0 saturated heterocycles. The first kappa shape index (κ1) is 17.7. The number of carboxylic acids is 1. The quantitative estimate of drug-likeness (QED) is 0.773. The van der Waals surface area contributed by atoms with Crippen LogP contribution in [0.2, 0.25) is 0 Å². The fraction of sp³-hybridized carbons (Fsp3) is 0.588. The maximum Gasteiger partial charge on any atom is 0.328 e. The number of carbonyl (C=O) groups is 1. The summed E-state index contributed by atoms with van der Waals surface area (Å²) < 4.78 is 0. The van der Waals surface area contributed by atoms with E-state index in [-0.39, 0.29) is 5.54 Å². The lowest BCUT2D eigenvalue weighted by Gasteiger charge is -2.38. The molecule has 0 spiro atoms. The molecule has 1 rings (SSSR count). The van der Waals surface area contributed by atoms with Gasteiger partial charge in [-0.15, -0.1) is 0 Å². The van der Waals surface area contributed by atoms with E-state index in [0.29, 0.717) is 13.0 Å². The van der Waals surface area contributed by atoms with Crippen LogP contribution in [-0.4, -0.2) is 42.2 Å². The molecule has 4 heteroatoms. The van der Waals surface area contributed by atoms with Gasteiger partial charge in [0.2, 0.25) is 0 Å². The van der Waals surface area contributed by atoms with Gasteiger partial charge in [-0.2, -0.15) is 0 Å². The van der Waals surface area contributed by atoms with Gasteiger partial charge >= 0.3 is 5.97 Å². The lowest BCUT2D eigenvalue weighted by molar-refractivity contribution is -0.145. The normalized spacial score (nSPS) is 15.0. The molecule has 1 unspecified atom stereocenters. The fourth-order valence-electron chi connectivity index (χ4n) is 2.38. The van der Waals surface area contributed by atoms with E-state index >= 15 is 0 Å². The third-order valence-electron chi connectivity index (χ3n) is 4.78. The molecule has 1 aromatic carbocycles. The summed E-state index contributed by atoms with van der Waals surface area (Å²) in [6, 6.07) is 9.40. The van der Waals surface area contributed by atoms with Gasteiger partial charge in [0.05, 0.1) is 0 Å². The van der Waals surface area contributed by atoms with Crippen molar-refractivity contribution in [2.24, 2.45) is 0 Å². The Labute approximate surface area is 128 Å². The van der Waals surface area contributed by atoms with Gasteiger partial charge in [0.25, 0.3) is 0 Å². The van der Waals surface area contributed by atoms with Crippen molar-refractivity contribution in [2.75, 3.05) is 20.6 Å². The molecule has 0 heterocycles. The van der Waals surface area contributed by atoms with Crippen molar-refractivity contribution in [1.82, 2.24) is 10.2 Å². The van der Waals surface area contributed by atoms with Gasteiger partial charge in [0.15, 0.2) is 0 Å². The minimum absolute atomic E-state index is 0.0642. The number of benzene rings is 1. The van der Waals surface area contributed by atoms with E-state index in [4.69, 9.17) is 0 Å². The van der Waals surface area contributed by atoms with E-state index < -0.39 is 11.5 Å². The second-order valence-corrected chi connectivity index (χ2v) is 6.16. The van der Waals surface area contributed by atoms with Crippen LogP contribution in [0, 0.1) is 0 Å². The predicted octanol–water partition coefficient (Wildman–Crippen LogP) is 2.70. The van der Waals surface area contributed by atoms with Crippen molar-refractivity contribution in [3.63, 3.8) is 0 Å². The van der Waals surface area contributed by atoms with Gasteiger partial charge in [0.1, 0.15) is 5.54 Å². The minimum atomic E-state index is -1.04. The summed E-state index contributed by atoms with van der Waals surface area (Å²) in [4.78, 5) is 14.1. The van der Waals surface area contributed by atoms with Crippen LogP contribution >= 0.6 is 0 Å². The molecule has 0 saturated carbocycles. The first-order valence-corrected chi connectivity index (χ1v) is 7.49. The molecular weight excluding hydrogens is 264 g/mol. The summed E-state index contributed by atoms with van der Waals surface area (Å²) >= 11 is 0. The van der Waals surface area contributed by atoms with Gasteiger partial charge < -0.3 is 15.3 Å². The molecule has 0 aromatic heterocycles. The van der Waals surface area contributed by atoms with E-state index in [2.05, 4.69) is 38.0 Å². The topological polar surface area (TPSA) is 52.6 Å². The Bertz CT molecular complexity index is 459. The number of hydrogen-bond acceptors (Lipinski definition) is 3. The summed E-state index contributed by atoms with van der Waals surface area (Å²) in [6.07, 6.45) is 1.54.